The standard InChI is InChI=1S/C11H8N4O2S/c1-2-9-10(17-6-16-9)3-7(1)8-4-18-11-13-12-5-15(11)14-8/h1-3,5H,4,6H2. The first-order chi connectivity index (χ1) is 8.90. The first-order valence-electron chi connectivity index (χ1n) is 5.41. The third-order valence-corrected chi connectivity index (χ3v) is 3.72. The van der Waals surface area contributed by atoms with Crippen LogP contribution in [0.3, 0.4) is 0 Å². The Kier molecular flexibility index (Phi) is 2.07. The highest BCUT2D eigenvalue weighted by Crippen LogP contribution is 2.33. The van der Waals surface area contributed by atoms with Gasteiger partial charge in [-0.05, 0) is 18.2 Å². The lowest BCUT2D eigenvalue weighted by molar-refractivity contribution is 0.174. The molecule has 0 saturated heterocycles. The molecule has 1 aromatic carbocycles. The van der Waals surface area contributed by atoms with E-state index in [1.165, 1.54) is 0 Å². The highest BCUT2D eigenvalue weighted by Gasteiger charge is 2.19. The van der Waals surface area contributed by atoms with Crippen molar-refractivity contribution in [3.63, 3.8) is 0 Å². The number of thioether (sulfide) groups is 1. The zero-order valence-corrected chi connectivity index (χ0v) is 10.1. The van der Waals surface area contributed by atoms with Crippen molar-refractivity contribution in [3.05, 3.63) is 30.1 Å². The van der Waals surface area contributed by atoms with Crippen LogP contribution in [0.5, 0.6) is 11.5 Å². The van der Waals surface area contributed by atoms with Crippen LogP contribution in [-0.2, 0) is 0 Å². The molecule has 0 unspecified atom stereocenters. The van der Waals surface area contributed by atoms with E-state index in [4.69, 9.17) is 9.47 Å². The first kappa shape index (κ1) is 9.95. The summed E-state index contributed by atoms with van der Waals surface area (Å²) in [7, 11) is 0. The van der Waals surface area contributed by atoms with Gasteiger partial charge in [0.1, 0.15) is 6.33 Å². The molecular weight excluding hydrogens is 252 g/mol. The molecule has 3 heterocycles. The molecule has 0 N–H and O–H groups in total. The predicted octanol–water partition coefficient (Wildman–Crippen LogP) is 1.36. The van der Waals surface area contributed by atoms with Crippen molar-refractivity contribution in [2.45, 2.75) is 5.16 Å². The molecule has 6 nitrogen and oxygen atoms in total. The number of hydrogen-bond acceptors (Lipinski definition) is 6. The maximum Gasteiger partial charge on any atom is 0.231 e. The molecule has 0 saturated carbocycles. The highest BCUT2D eigenvalue weighted by atomic mass is 32.2. The maximum absolute atomic E-state index is 5.37. The van der Waals surface area contributed by atoms with Crippen molar-refractivity contribution in [3.8, 4) is 11.5 Å². The van der Waals surface area contributed by atoms with Gasteiger partial charge in [-0.1, -0.05) is 11.8 Å². The van der Waals surface area contributed by atoms with Crippen molar-refractivity contribution < 1.29 is 9.47 Å². The van der Waals surface area contributed by atoms with Gasteiger partial charge in [0, 0.05) is 11.3 Å². The average Bonchev–Trinajstić information content (AvgIpc) is 3.05. The lowest BCUT2D eigenvalue weighted by Crippen LogP contribution is -2.12. The van der Waals surface area contributed by atoms with E-state index in [0.29, 0.717) is 0 Å². The highest BCUT2D eigenvalue weighted by molar-refractivity contribution is 7.99. The van der Waals surface area contributed by atoms with Gasteiger partial charge in [-0.2, -0.15) is 9.78 Å². The normalized spacial score (nSPS) is 16.3. The van der Waals surface area contributed by atoms with Gasteiger partial charge in [0.2, 0.25) is 11.9 Å². The van der Waals surface area contributed by atoms with Crippen LogP contribution >= 0.6 is 11.8 Å². The SMILES string of the molecule is c1cc2c(cc1C1=Nn3cnnc3SC1)OCO2. The molecule has 0 spiro atoms. The van der Waals surface area contributed by atoms with E-state index in [1.54, 1.807) is 22.8 Å². The molecule has 0 amide bonds. The molecule has 0 fully saturated rings. The van der Waals surface area contributed by atoms with E-state index in [9.17, 15) is 0 Å². The number of aromatic nitrogens is 3. The third kappa shape index (κ3) is 1.47. The summed E-state index contributed by atoms with van der Waals surface area (Å²) in [5.74, 6) is 2.33. The second-order valence-electron chi connectivity index (χ2n) is 3.86. The van der Waals surface area contributed by atoms with E-state index >= 15 is 0 Å². The van der Waals surface area contributed by atoms with Gasteiger partial charge in [0.05, 0.1) is 5.71 Å². The van der Waals surface area contributed by atoms with Gasteiger partial charge in [-0.25, -0.2) is 0 Å². The Bertz CT molecular complexity index is 652. The smallest absolute Gasteiger partial charge is 0.231 e. The second-order valence-corrected chi connectivity index (χ2v) is 4.80. The van der Waals surface area contributed by atoms with E-state index in [0.717, 1.165) is 33.7 Å². The fourth-order valence-electron chi connectivity index (χ4n) is 1.89. The third-order valence-electron chi connectivity index (χ3n) is 2.77. The molecule has 1 aromatic heterocycles. The van der Waals surface area contributed by atoms with Crippen molar-refractivity contribution in [1.29, 1.82) is 0 Å². The van der Waals surface area contributed by atoms with Crippen LogP contribution in [0.25, 0.3) is 0 Å². The minimum atomic E-state index is 0.287. The molecule has 2 aromatic rings. The molecule has 18 heavy (non-hydrogen) atoms. The van der Waals surface area contributed by atoms with Gasteiger partial charge in [-0.3, -0.25) is 0 Å². The van der Waals surface area contributed by atoms with Gasteiger partial charge in [0.15, 0.2) is 11.5 Å². The summed E-state index contributed by atoms with van der Waals surface area (Å²) in [4.78, 5) is 0. The van der Waals surface area contributed by atoms with Crippen molar-refractivity contribution in [2.24, 2.45) is 5.10 Å². The number of nitrogens with zero attached hydrogens (tertiary/aromatic N) is 4. The summed E-state index contributed by atoms with van der Waals surface area (Å²) < 4.78 is 12.3. The van der Waals surface area contributed by atoms with Gasteiger partial charge < -0.3 is 9.47 Å². The summed E-state index contributed by atoms with van der Waals surface area (Å²) in [5, 5.41) is 13.1. The summed E-state index contributed by atoms with van der Waals surface area (Å²) >= 11 is 1.62. The number of rotatable bonds is 1. The Balaban J connectivity index is 1.76. The number of fused-ring (bicyclic) bond motifs is 2. The largest absolute Gasteiger partial charge is 0.454 e. The van der Waals surface area contributed by atoms with Crippen molar-refractivity contribution >= 4 is 17.5 Å². The molecule has 4 rings (SSSR count). The number of hydrogen-bond donors (Lipinski definition) is 0. The van der Waals surface area contributed by atoms with E-state index in [2.05, 4.69) is 15.3 Å². The zero-order valence-electron chi connectivity index (χ0n) is 9.24. The van der Waals surface area contributed by atoms with Crippen molar-refractivity contribution in [1.82, 2.24) is 14.9 Å². The summed E-state index contributed by atoms with van der Waals surface area (Å²) in [6, 6.07) is 5.85. The predicted molar refractivity (Wildman–Crippen MR) is 65.2 cm³/mol. The van der Waals surface area contributed by atoms with Crippen LogP contribution in [0.1, 0.15) is 5.56 Å². The molecule has 0 aliphatic carbocycles. The quantitative estimate of drug-likeness (QED) is 0.775. The second kappa shape index (κ2) is 3.74. The first-order valence-corrected chi connectivity index (χ1v) is 6.39. The minimum absolute atomic E-state index is 0.287. The molecule has 2 aliphatic rings. The maximum atomic E-state index is 5.37. The lowest BCUT2D eigenvalue weighted by atomic mass is 10.1. The fraction of sp³-hybridized carbons (Fsp3) is 0.182. The topological polar surface area (TPSA) is 61.5 Å². The molecule has 0 atom stereocenters. The fourth-order valence-corrected chi connectivity index (χ4v) is 2.71. The Morgan fingerprint density at radius 3 is 3.17 bits per heavy atom. The Labute approximate surface area is 107 Å². The molecule has 0 radical (unpaired) electrons. The molecule has 2 aliphatic heterocycles. The summed E-state index contributed by atoms with van der Waals surface area (Å²) in [6.45, 7) is 0.287. The van der Waals surface area contributed by atoms with E-state index in [1.807, 2.05) is 18.2 Å². The molecule has 90 valence electrons. The lowest BCUT2D eigenvalue weighted by Gasteiger charge is -2.12. The molecule has 7 heteroatoms. The monoisotopic (exact) mass is 260 g/mol. The van der Waals surface area contributed by atoms with Gasteiger partial charge in [0.25, 0.3) is 0 Å². The van der Waals surface area contributed by atoms with Gasteiger partial charge in [-0.15, -0.1) is 10.2 Å². The minimum Gasteiger partial charge on any atom is -0.454 e. The summed E-state index contributed by atoms with van der Waals surface area (Å²) in [5.41, 5.74) is 2.01. The van der Waals surface area contributed by atoms with Crippen LogP contribution in [0.2, 0.25) is 0 Å². The summed E-state index contributed by atoms with van der Waals surface area (Å²) in [6.07, 6.45) is 1.61. The Hall–Kier alpha value is -2.02. The molecule has 0 bridgehead atoms. The number of benzene rings is 1. The van der Waals surface area contributed by atoms with Crippen molar-refractivity contribution in [2.75, 3.05) is 12.5 Å². The Morgan fingerprint density at radius 1 is 1.22 bits per heavy atom. The van der Waals surface area contributed by atoms with Crippen LogP contribution in [0, 0.1) is 0 Å². The zero-order chi connectivity index (χ0) is 11.9. The van der Waals surface area contributed by atoms with Crippen LogP contribution < -0.4 is 9.47 Å². The van der Waals surface area contributed by atoms with E-state index in [-0.39, 0.29) is 6.79 Å². The molecular formula is C11H8N4O2S. The van der Waals surface area contributed by atoms with Gasteiger partial charge >= 0.3 is 0 Å². The Morgan fingerprint density at radius 2 is 2.17 bits per heavy atom. The van der Waals surface area contributed by atoms with Crippen LogP contribution in [0.4, 0.5) is 0 Å². The number of ether oxygens (including phenoxy) is 2. The van der Waals surface area contributed by atoms with Crippen LogP contribution in [0.15, 0.2) is 34.8 Å². The van der Waals surface area contributed by atoms with Crippen LogP contribution in [-0.4, -0.2) is 33.1 Å². The average molecular weight is 260 g/mol. The van der Waals surface area contributed by atoms with E-state index < -0.39 is 0 Å².